The highest BCUT2D eigenvalue weighted by molar-refractivity contribution is 6.39. The van der Waals surface area contributed by atoms with Crippen LogP contribution in [-0.4, -0.2) is 23.0 Å². The predicted molar refractivity (Wildman–Crippen MR) is 93.3 cm³/mol. The van der Waals surface area contributed by atoms with Crippen LogP contribution in [0.5, 0.6) is 0 Å². The second-order valence-electron chi connectivity index (χ2n) is 5.05. The number of nitro groups is 1. The van der Waals surface area contributed by atoms with Crippen molar-refractivity contribution in [3.63, 3.8) is 0 Å². The molecule has 0 saturated heterocycles. The first kappa shape index (κ1) is 17.8. The summed E-state index contributed by atoms with van der Waals surface area (Å²) in [6, 6.07) is 12.7. The fraction of sp³-hybridized carbons (Fsp3) is 0.118. The van der Waals surface area contributed by atoms with E-state index in [1.165, 1.54) is 30.5 Å². The molecule has 0 fully saturated rings. The third kappa shape index (κ3) is 5.24. The monoisotopic (exact) mass is 340 g/mol. The van der Waals surface area contributed by atoms with Crippen molar-refractivity contribution in [2.75, 3.05) is 5.32 Å². The van der Waals surface area contributed by atoms with Gasteiger partial charge in [0.2, 0.25) is 0 Å². The third-order valence-electron chi connectivity index (χ3n) is 3.31. The normalized spacial score (nSPS) is 10.4. The molecule has 0 aliphatic carbocycles. The van der Waals surface area contributed by atoms with Gasteiger partial charge in [-0.25, -0.2) is 5.43 Å². The Kier molecular flexibility index (Phi) is 5.94. The molecule has 2 N–H and O–H groups in total. The maximum absolute atomic E-state index is 11.8. The van der Waals surface area contributed by atoms with Crippen LogP contribution in [0.3, 0.4) is 0 Å². The number of amides is 2. The molecule has 0 unspecified atom stereocenters. The number of hydrazone groups is 1. The Labute approximate surface area is 143 Å². The summed E-state index contributed by atoms with van der Waals surface area (Å²) in [6.07, 6.45) is 2.16. The van der Waals surface area contributed by atoms with E-state index in [0.29, 0.717) is 11.3 Å². The van der Waals surface area contributed by atoms with Gasteiger partial charge in [-0.1, -0.05) is 19.1 Å². The lowest BCUT2D eigenvalue weighted by Crippen LogP contribution is -2.32. The fourth-order valence-corrected chi connectivity index (χ4v) is 1.91. The number of non-ortho nitro benzene ring substituents is 1. The SMILES string of the molecule is CCc1ccc(NC(=O)C(=O)NN=Cc2ccc([N+](=O)[O-])cc2)cc1. The average molecular weight is 340 g/mol. The van der Waals surface area contributed by atoms with Gasteiger partial charge in [0.15, 0.2) is 0 Å². The van der Waals surface area contributed by atoms with Crippen LogP contribution in [0.25, 0.3) is 0 Å². The van der Waals surface area contributed by atoms with E-state index >= 15 is 0 Å². The Morgan fingerprint density at radius 1 is 1.08 bits per heavy atom. The van der Waals surface area contributed by atoms with Gasteiger partial charge in [-0.05, 0) is 41.8 Å². The summed E-state index contributed by atoms with van der Waals surface area (Å²) < 4.78 is 0. The molecule has 8 nitrogen and oxygen atoms in total. The largest absolute Gasteiger partial charge is 0.329 e. The molecule has 0 atom stereocenters. The Morgan fingerprint density at radius 3 is 2.28 bits per heavy atom. The summed E-state index contributed by atoms with van der Waals surface area (Å²) in [4.78, 5) is 33.5. The van der Waals surface area contributed by atoms with Crippen LogP contribution in [0.2, 0.25) is 0 Å². The molecule has 0 aliphatic rings. The number of hydrogen-bond acceptors (Lipinski definition) is 5. The zero-order valence-corrected chi connectivity index (χ0v) is 13.4. The van der Waals surface area contributed by atoms with Gasteiger partial charge in [-0.2, -0.15) is 5.10 Å². The predicted octanol–water partition coefficient (Wildman–Crippen LogP) is 2.25. The molecular weight excluding hydrogens is 324 g/mol. The standard InChI is InChI=1S/C17H16N4O4/c1-2-12-3-7-14(8-4-12)19-16(22)17(23)20-18-11-13-5-9-15(10-6-13)21(24)25/h3-11H,2H2,1H3,(H,19,22)(H,20,23). The van der Waals surface area contributed by atoms with E-state index in [1.54, 1.807) is 12.1 Å². The summed E-state index contributed by atoms with van der Waals surface area (Å²) >= 11 is 0. The molecule has 0 radical (unpaired) electrons. The second kappa shape index (κ2) is 8.34. The quantitative estimate of drug-likeness (QED) is 0.376. The molecule has 0 saturated carbocycles. The lowest BCUT2D eigenvalue weighted by Gasteiger charge is -2.04. The van der Waals surface area contributed by atoms with Crippen molar-refractivity contribution in [3.8, 4) is 0 Å². The van der Waals surface area contributed by atoms with Crippen molar-refractivity contribution < 1.29 is 14.5 Å². The fourth-order valence-electron chi connectivity index (χ4n) is 1.91. The second-order valence-corrected chi connectivity index (χ2v) is 5.05. The van der Waals surface area contributed by atoms with Crippen LogP contribution < -0.4 is 10.7 Å². The smallest absolute Gasteiger partial charge is 0.318 e. The molecule has 0 aromatic heterocycles. The van der Waals surface area contributed by atoms with Crippen LogP contribution in [-0.2, 0) is 16.0 Å². The van der Waals surface area contributed by atoms with E-state index in [4.69, 9.17) is 0 Å². The summed E-state index contributed by atoms with van der Waals surface area (Å²) in [7, 11) is 0. The lowest BCUT2D eigenvalue weighted by atomic mass is 10.1. The first-order chi connectivity index (χ1) is 12.0. The molecule has 2 rings (SSSR count). The number of carbonyl (C=O) groups excluding carboxylic acids is 2. The number of hydrogen-bond donors (Lipinski definition) is 2. The first-order valence-corrected chi connectivity index (χ1v) is 7.47. The topological polar surface area (TPSA) is 114 Å². The number of anilines is 1. The summed E-state index contributed by atoms with van der Waals surface area (Å²) in [6.45, 7) is 2.02. The van der Waals surface area contributed by atoms with Crippen LogP contribution in [0.4, 0.5) is 11.4 Å². The van der Waals surface area contributed by atoms with E-state index in [-0.39, 0.29) is 5.69 Å². The minimum atomic E-state index is -0.919. The maximum Gasteiger partial charge on any atom is 0.329 e. The van der Waals surface area contributed by atoms with Gasteiger partial charge in [-0.3, -0.25) is 19.7 Å². The minimum absolute atomic E-state index is 0.0466. The van der Waals surface area contributed by atoms with E-state index in [0.717, 1.165) is 12.0 Å². The number of aryl methyl sites for hydroxylation is 1. The zero-order chi connectivity index (χ0) is 18.2. The van der Waals surface area contributed by atoms with Gasteiger partial charge in [0, 0.05) is 17.8 Å². The van der Waals surface area contributed by atoms with Crippen LogP contribution in [0.15, 0.2) is 53.6 Å². The van der Waals surface area contributed by atoms with E-state index < -0.39 is 16.7 Å². The molecule has 2 amide bonds. The first-order valence-electron chi connectivity index (χ1n) is 7.47. The number of rotatable bonds is 5. The highest BCUT2D eigenvalue weighted by Crippen LogP contribution is 2.11. The van der Waals surface area contributed by atoms with Gasteiger partial charge in [0.1, 0.15) is 0 Å². The van der Waals surface area contributed by atoms with Gasteiger partial charge in [-0.15, -0.1) is 0 Å². The molecule has 128 valence electrons. The van der Waals surface area contributed by atoms with Crippen molar-refractivity contribution >= 4 is 29.4 Å². The summed E-state index contributed by atoms with van der Waals surface area (Å²) in [5, 5.41) is 16.7. The van der Waals surface area contributed by atoms with Crippen molar-refractivity contribution in [3.05, 3.63) is 69.8 Å². The molecule has 0 heterocycles. The Hall–Kier alpha value is -3.55. The van der Waals surface area contributed by atoms with E-state index in [9.17, 15) is 19.7 Å². The Balaban J connectivity index is 1.87. The molecule has 0 aliphatic heterocycles. The maximum atomic E-state index is 11.8. The van der Waals surface area contributed by atoms with Gasteiger partial charge < -0.3 is 5.32 Å². The highest BCUT2D eigenvalue weighted by atomic mass is 16.6. The molecule has 2 aromatic carbocycles. The molecular formula is C17H16N4O4. The minimum Gasteiger partial charge on any atom is -0.318 e. The molecule has 8 heteroatoms. The molecule has 0 bridgehead atoms. The summed E-state index contributed by atoms with van der Waals surface area (Å²) in [5.74, 6) is -1.76. The molecule has 0 spiro atoms. The van der Waals surface area contributed by atoms with Crippen molar-refractivity contribution in [2.24, 2.45) is 5.10 Å². The van der Waals surface area contributed by atoms with Crippen LogP contribution in [0, 0.1) is 10.1 Å². The highest BCUT2D eigenvalue weighted by Gasteiger charge is 2.12. The van der Waals surface area contributed by atoms with Gasteiger partial charge in [0.05, 0.1) is 11.1 Å². The van der Waals surface area contributed by atoms with Gasteiger partial charge in [0.25, 0.3) is 5.69 Å². The van der Waals surface area contributed by atoms with Crippen LogP contribution in [0.1, 0.15) is 18.1 Å². The lowest BCUT2D eigenvalue weighted by molar-refractivity contribution is -0.384. The third-order valence-corrected chi connectivity index (χ3v) is 3.31. The van der Waals surface area contributed by atoms with Gasteiger partial charge >= 0.3 is 11.8 Å². The molecule has 2 aromatic rings. The average Bonchev–Trinajstić information content (AvgIpc) is 2.62. The van der Waals surface area contributed by atoms with E-state index in [1.807, 2.05) is 19.1 Å². The van der Waals surface area contributed by atoms with Crippen molar-refractivity contribution in [2.45, 2.75) is 13.3 Å². The van der Waals surface area contributed by atoms with Crippen molar-refractivity contribution in [1.29, 1.82) is 0 Å². The summed E-state index contributed by atoms with van der Waals surface area (Å²) in [5.41, 5.74) is 4.22. The zero-order valence-electron chi connectivity index (χ0n) is 13.4. The molecule has 25 heavy (non-hydrogen) atoms. The van der Waals surface area contributed by atoms with Crippen LogP contribution >= 0.6 is 0 Å². The number of benzene rings is 2. The Morgan fingerprint density at radius 2 is 1.72 bits per heavy atom. The number of nitrogens with one attached hydrogen (secondary N) is 2. The number of nitro benzene ring substituents is 1. The number of nitrogens with zero attached hydrogens (tertiary/aromatic N) is 2. The number of carbonyl (C=O) groups is 2. The Bertz CT molecular complexity index is 798. The van der Waals surface area contributed by atoms with E-state index in [2.05, 4.69) is 15.8 Å². The van der Waals surface area contributed by atoms with Crippen molar-refractivity contribution in [1.82, 2.24) is 5.43 Å².